The van der Waals surface area contributed by atoms with Crippen LogP contribution in [0.2, 0.25) is 0 Å². The van der Waals surface area contributed by atoms with Gasteiger partial charge in [0.1, 0.15) is 24.9 Å². The standard InChI is InChI=1S/C26H30N8O6/c1-26(2,3)40-24(37)27-9-10-33-16-31-21-22(33)28-14-29-23(21)34-12-19(30-15-34)18(11-20(35)36)32-25(38)39-13-17-7-5-4-6-8-17/h4-8,12,14-16,18H,9-11,13H2,1-3H3,(H,27,37)(H,32,38)(H,35,36). The first-order valence-electron chi connectivity index (χ1n) is 12.4. The molecule has 0 fully saturated rings. The average molecular weight is 551 g/mol. The number of amides is 2. The SMILES string of the molecule is CC(C)(C)OC(=O)NCCn1cnc2c(-n3cnc(C(CC(=O)O)NC(=O)OCc4ccccc4)c3)ncnc21. The lowest BCUT2D eigenvalue weighted by atomic mass is 10.1. The van der Waals surface area contributed by atoms with Crippen LogP contribution in [0.4, 0.5) is 9.59 Å². The molecule has 0 spiro atoms. The number of rotatable bonds is 10. The number of carbonyl (C=O) groups excluding carboxylic acids is 2. The summed E-state index contributed by atoms with van der Waals surface area (Å²) >= 11 is 0. The molecule has 1 unspecified atom stereocenters. The second-order valence-corrected chi connectivity index (χ2v) is 9.80. The Morgan fingerprint density at radius 2 is 1.80 bits per heavy atom. The van der Waals surface area contributed by atoms with Crippen LogP contribution in [0.15, 0.2) is 55.5 Å². The Labute approximate surface area is 229 Å². The largest absolute Gasteiger partial charge is 0.481 e. The van der Waals surface area contributed by atoms with Gasteiger partial charge in [-0.25, -0.2) is 29.5 Å². The molecule has 3 heterocycles. The zero-order chi connectivity index (χ0) is 28.7. The van der Waals surface area contributed by atoms with Crippen molar-refractivity contribution >= 4 is 29.3 Å². The maximum Gasteiger partial charge on any atom is 0.408 e. The molecule has 14 heteroatoms. The van der Waals surface area contributed by atoms with Crippen molar-refractivity contribution in [1.82, 2.24) is 39.7 Å². The minimum absolute atomic E-state index is 0.0375. The number of imidazole rings is 2. The summed E-state index contributed by atoms with van der Waals surface area (Å²) in [5, 5.41) is 14.7. The van der Waals surface area contributed by atoms with Crippen molar-refractivity contribution in [2.24, 2.45) is 0 Å². The van der Waals surface area contributed by atoms with Gasteiger partial charge in [0.25, 0.3) is 0 Å². The molecular weight excluding hydrogens is 520 g/mol. The van der Waals surface area contributed by atoms with Crippen LogP contribution in [0.5, 0.6) is 0 Å². The van der Waals surface area contributed by atoms with Crippen LogP contribution in [-0.2, 0) is 27.4 Å². The summed E-state index contributed by atoms with van der Waals surface area (Å²) in [6.07, 6.45) is 4.26. The number of fused-ring (bicyclic) bond motifs is 1. The molecule has 1 aromatic carbocycles. The van der Waals surface area contributed by atoms with Crippen molar-refractivity contribution in [3.63, 3.8) is 0 Å². The average Bonchev–Trinajstić information content (AvgIpc) is 3.54. The van der Waals surface area contributed by atoms with Crippen LogP contribution < -0.4 is 10.6 Å². The Balaban J connectivity index is 1.45. The van der Waals surface area contributed by atoms with Crippen LogP contribution in [-0.4, -0.2) is 64.5 Å². The highest BCUT2D eigenvalue weighted by Gasteiger charge is 2.23. The van der Waals surface area contributed by atoms with E-state index in [1.165, 1.54) is 12.7 Å². The van der Waals surface area contributed by atoms with E-state index < -0.39 is 36.2 Å². The van der Waals surface area contributed by atoms with Crippen molar-refractivity contribution in [2.75, 3.05) is 6.54 Å². The van der Waals surface area contributed by atoms with E-state index in [9.17, 15) is 19.5 Å². The molecule has 4 aromatic rings. The topological polar surface area (TPSA) is 175 Å². The molecule has 0 aliphatic carbocycles. The number of carbonyl (C=O) groups is 3. The third kappa shape index (κ3) is 7.52. The number of hydrogen-bond acceptors (Lipinski definition) is 9. The number of aromatic nitrogens is 6. The summed E-state index contributed by atoms with van der Waals surface area (Å²) in [7, 11) is 0. The van der Waals surface area contributed by atoms with E-state index in [0.29, 0.717) is 29.2 Å². The molecule has 3 N–H and O–H groups in total. The lowest BCUT2D eigenvalue weighted by molar-refractivity contribution is -0.137. The maximum absolute atomic E-state index is 12.4. The second kappa shape index (κ2) is 12.2. The van der Waals surface area contributed by atoms with E-state index in [2.05, 4.69) is 30.6 Å². The first-order chi connectivity index (χ1) is 19.1. The van der Waals surface area contributed by atoms with E-state index in [1.807, 2.05) is 30.3 Å². The number of carboxylic acids is 1. The van der Waals surface area contributed by atoms with E-state index in [4.69, 9.17) is 9.47 Å². The minimum Gasteiger partial charge on any atom is -0.481 e. The summed E-state index contributed by atoms with van der Waals surface area (Å²) in [5.41, 5.74) is 1.49. The van der Waals surface area contributed by atoms with E-state index in [1.54, 1.807) is 42.4 Å². The first-order valence-corrected chi connectivity index (χ1v) is 12.4. The van der Waals surface area contributed by atoms with Gasteiger partial charge in [0.2, 0.25) is 0 Å². The molecule has 0 bridgehead atoms. The molecule has 40 heavy (non-hydrogen) atoms. The molecule has 0 saturated heterocycles. The van der Waals surface area contributed by atoms with Crippen molar-refractivity contribution in [3.05, 3.63) is 66.8 Å². The quantitative estimate of drug-likeness (QED) is 0.266. The van der Waals surface area contributed by atoms with Gasteiger partial charge in [-0.1, -0.05) is 30.3 Å². The number of ether oxygens (including phenoxy) is 2. The summed E-state index contributed by atoms with van der Waals surface area (Å²) in [6.45, 7) is 6.07. The van der Waals surface area contributed by atoms with Gasteiger partial charge in [0.15, 0.2) is 17.0 Å². The number of nitrogens with one attached hydrogen (secondary N) is 2. The van der Waals surface area contributed by atoms with Crippen LogP contribution >= 0.6 is 0 Å². The van der Waals surface area contributed by atoms with Gasteiger partial charge in [0, 0.05) is 19.3 Å². The fourth-order valence-electron chi connectivity index (χ4n) is 3.76. The zero-order valence-electron chi connectivity index (χ0n) is 22.3. The van der Waals surface area contributed by atoms with Crippen LogP contribution in [0.1, 0.15) is 44.5 Å². The molecule has 4 rings (SSSR count). The van der Waals surface area contributed by atoms with Gasteiger partial charge < -0.3 is 29.8 Å². The Kier molecular flexibility index (Phi) is 8.57. The number of benzene rings is 1. The summed E-state index contributed by atoms with van der Waals surface area (Å²) < 4.78 is 13.8. The summed E-state index contributed by atoms with van der Waals surface area (Å²) in [5.74, 6) is -0.714. The lowest BCUT2D eigenvalue weighted by Gasteiger charge is -2.19. The Morgan fingerprint density at radius 1 is 1.02 bits per heavy atom. The number of carboxylic acid groups (broad SMARTS) is 1. The maximum atomic E-state index is 12.4. The zero-order valence-corrected chi connectivity index (χ0v) is 22.3. The predicted molar refractivity (Wildman–Crippen MR) is 141 cm³/mol. The van der Waals surface area contributed by atoms with Crippen LogP contribution in [0.3, 0.4) is 0 Å². The number of aliphatic carboxylic acids is 1. The highest BCUT2D eigenvalue weighted by atomic mass is 16.6. The minimum atomic E-state index is -1.12. The molecule has 0 aliphatic heterocycles. The van der Waals surface area contributed by atoms with Gasteiger partial charge in [-0.05, 0) is 26.3 Å². The third-order valence-corrected chi connectivity index (χ3v) is 5.49. The molecule has 0 aliphatic rings. The van der Waals surface area contributed by atoms with Gasteiger partial charge >= 0.3 is 18.2 Å². The highest BCUT2D eigenvalue weighted by Crippen LogP contribution is 2.21. The fraction of sp³-hybridized carbons (Fsp3) is 0.346. The monoisotopic (exact) mass is 550 g/mol. The van der Waals surface area contributed by atoms with Crippen LogP contribution in [0, 0.1) is 0 Å². The predicted octanol–water partition coefficient (Wildman–Crippen LogP) is 2.98. The molecule has 1 atom stereocenters. The van der Waals surface area contributed by atoms with Crippen molar-refractivity contribution in [2.45, 2.75) is 52.0 Å². The second-order valence-electron chi connectivity index (χ2n) is 9.80. The van der Waals surface area contributed by atoms with Gasteiger partial charge in [-0.3, -0.25) is 9.36 Å². The first kappa shape index (κ1) is 28.0. The van der Waals surface area contributed by atoms with Gasteiger partial charge in [-0.15, -0.1) is 0 Å². The molecule has 3 aromatic heterocycles. The number of alkyl carbamates (subject to hydrolysis) is 2. The fourth-order valence-corrected chi connectivity index (χ4v) is 3.76. The molecule has 210 valence electrons. The number of hydrogen-bond donors (Lipinski definition) is 3. The Hall–Kier alpha value is -5.01. The highest BCUT2D eigenvalue weighted by molar-refractivity contribution is 5.78. The summed E-state index contributed by atoms with van der Waals surface area (Å²) in [4.78, 5) is 53.2. The van der Waals surface area contributed by atoms with Crippen molar-refractivity contribution in [3.8, 4) is 5.82 Å². The lowest BCUT2D eigenvalue weighted by Crippen LogP contribution is -2.34. The van der Waals surface area contributed by atoms with Gasteiger partial charge in [-0.2, -0.15) is 0 Å². The number of nitrogens with zero attached hydrogens (tertiary/aromatic N) is 6. The molecule has 14 nitrogen and oxygen atoms in total. The van der Waals surface area contributed by atoms with E-state index in [0.717, 1.165) is 5.56 Å². The van der Waals surface area contributed by atoms with E-state index in [-0.39, 0.29) is 13.2 Å². The third-order valence-electron chi connectivity index (χ3n) is 5.49. The molecular formula is C26H30N8O6. The van der Waals surface area contributed by atoms with Crippen LogP contribution in [0.25, 0.3) is 17.0 Å². The Morgan fingerprint density at radius 3 is 2.52 bits per heavy atom. The molecule has 0 radical (unpaired) electrons. The Bertz CT molecular complexity index is 1480. The summed E-state index contributed by atoms with van der Waals surface area (Å²) in [6, 6.07) is 8.17. The normalized spacial score (nSPS) is 12.1. The molecule has 2 amide bonds. The van der Waals surface area contributed by atoms with Crippen molar-refractivity contribution < 1.29 is 29.0 Å². The smallest absolute Gasteiger partial charge is 0.408 e. The molecule has 0 saturated carbocycles. The van der Waals surface area contributed by atoms with E-state index >= 15 is 0 Å². The van der Waals surface area contributed by atoms with Crippen molar-refractivity contribution in [1.29, 1.82) is 0 Å². The van der Waals surface area contributed by atoms with Gasteiger partial charge in [0.05, 0.1) is 24.5 Å².